The van der Waals surface area contributed by atoms with Crippen LogP contribution < -0.4 is 19.9 Å². The molecule has 13 nitrogen and oxygen atoms in total. The molecule has 3 fully saturated rings. The first-order chi connectivity index (χ1) is 19.4. The molecule has 0 radical (unpaired) electrons. The number of nitrogens with zero attached hydrogens (tertiary/aromatic N) is 7. The second-order valence-corrected chi connectivity index (χ2v) is 11.3. The Kier molecular flexibility index (Phi) is 8.85. The number of carboxylic acid groups (broad SMARTS) is 1. The average Bonchev–Trinajstić information content (AvgIpc) is 3.60. The molecule has 3 aliphatic rings. The molecule has 0 aliphatic carbocycles. The Morgan fingerprint density at radius 2 is 1.93 bits per heavy atom. The molecule has 40 heavy (non-hydrogen) atoms. The van der Waals surface area contributed by atoms with Crippen LogP contribution in [0, 0.1) is 5.92 Å². The molecule has 0 unspecified atom stereocenters. The van der Waals surface area contributed by atoms with Crippen LogP contribution in [0.5, 0.6) is 5.75 Å². The minimum absolute atomic E-state index is 0.0811. The van der Waals surface area contributed by atoms with Crippen LogP contribution in [0.2, 0.25) is 0 Å². The minimum Gasteiger partial charge on any atom is -0.490 e. The summed E-state index contributed by atoms with van der Waals surface area (Å²) in [6, 6.07) is 0.00214. The Labute approximate surface area is 234 Å². The summed E-state index contributed by atoms with van der Waals surface area (Å²) in [6.45, 7) is 8.11. The number of rotatable bonds is 10. The monoisotopic (exact) mass is 556 g/mol. The topological polar surface area (TPSA) is 150 Å². The van der Waals surface area contributed by atoms with E-state index in [1.54, 1.807) is 12.4 Å². The minimum atomic E-state index is -1.09. The van der Waals surface area contributed by atoms with Crippen molar-refractivity contribution in [3.63, 3.8) is 0 Å². The zero-order valence-electron chi connectivity index (χ0n) is 23.4. The lowest BCUT2D eigenvalue weighted by atomic mass is 9.92. The Hall–Kier alpha value is -3.64. The van der Waals surface area contributed by atoms with E-state index in [0.717, 1.165) is 57.4 Å². The van der Waals surface area contributed by atoms with Crippen LogP contribution in [-0.4, -0.2) is 93.5 Å². The van der Waals surface area contributed by atoms with Crippen molar-refractivity contribution in [1.82, 2.24) is 30.3 Å². The number of nitrogens with one attached hydrogen (secondary N) is 1. The van der Waals surface area contributed by atoms with Crippen molar-refractivity contribution in [2.24, 2.45) is 5.92 Å². The van der Waals surface area contributed by atoms with Crippen molar-refractivity contribution in [2.75, 3.05) is 49.1 Å². The summed E-state index contributed by atoms with van der Waals surface area (Å²) < 4.78 is 11.3. The van der Waals surface area contributed by atoms with Crippen LogP contribution >= 0.6 is 0 Å². The predicted molar refractivity (Wildman–Crippen MR) is 147 cm³/mol. The van der Waals surface area contributed by atoms with Gasteiger partial charge < -0.3 is 34.4 Å². The molecule has 0 bridgehead atoms. The van der Waals surface area contributed by atoms with E-state index in [1.165, 1.54) is 0 Å². The summed E-state index contributed by atoms with van der Waals surface area (Å²) >= 11 is 0. The molecular formula is C27H40N8O5. The lowest BCUT2D eigenvalue weighted by molar-refractivity contribution is -0.135. The van der Waals surface area contributed by atoms with E-state index in [-0.39, 0.29) is 17.9 Å². The van der Waals surface area contributed by atoms with Gasteiger partial charge in [-0.05, 0) is 44.4 Å². The van der Waals surface area contributed by atoms with E-state index in [2.05, 4.69) is 44.2 Å². The molecule has 0 spiro atoms. The van der Waals surface area contributed by atoms with Gasteiger partial charge in [0.15, 0.2) is 11.6 Å². The van der Waals surface area contributed by atoms with Crippen molar-refractivity contribution in [3.05, 3.63) is 18.2 Å². The summed E-state index contributed by atoms with van der Waals surface area (Å²) in [4.78, 5) is 43.3. The maximum absolute atomic E-state index is 12.5. The third kappa shape index (κ3) is 6.73. The molecule has 2 amide bonds. The number of piperidine rings is 2. The molecule has 0 saturated carbocycles. The fourth-order valence-corrected chi connectivity index (χ4v) is 5.86. The quantitative estimate of drug-likeness (QED) is 0.416. The van der Waals surface area contributed by atoms with Crippen molar-refractivity contribution in [1.29, 1.82) is 0 Å². The van der Waals surface area contributed by atoms with Gasteiger partial charge in [0.05, 0.1) is 31.1 Å². The summed E-state index contributed by atoms with van der Waals surface area (Å²) in [6.07, 6.45) is 8.78. The van der Waals surface area contributed by atoms with Crippen LogP contribution in [0.4, 0.5) is 16.8 Å². The third-order valence-corrected chi connectivity index (χ3v) is 8.11. The summed E-state index contributed by atoms with van der Waals surface area (Å²) in [5, 5.41) is 16.0. The van der Waals surface area contributed by atoms with Crippen LogP contribution in [-0.2, 0) is 4.79 Å². The maximum atomic E-state index is 12.5. The molecule has 5 heterocycles. The molecular weight excluding hydrogens is 516 g/mol. The largest absolute Gasteiger partial charge is 0.490 e. The zero-order chi connectivity index (χ0) is 28.1. The molecule has 3 saturated heterocycles. The molecule has 5 rings (SSSR count). The summed E-state index contributed by atoms with van der Waals surface area (Å²) in [5.41, 5.74) is 0. The standard InChI is InChI=1S/C27H40N8O5/c1-18(2)24-31-26(40-32-24)33-11-8-19(9-12-33)6-5-13-39-20-14-28-25(29-15-20)34-16-21(30-27(37)38)22(17-34)35-10-4-3-7-23(35)36/h14-15,18-19,21-22,30H,3-13,16-17H2,1-2H3,(H,37,38)/t21-,22-/m0/s1. The average molecular weight is 557 g/mol. The Morgan fingerprint density at radius 3 is 2.60 bits per heavy atom. The first-order valence-electron chi connectivity index (χ1n) is 14.4. The Morgan fingerprint density at radius 1 is 1.15 bits per heavy atom. The molecule has 2 atom stereocenters. The Balaban J connectivity index is 1.05. The van der Waals surface area contributed by atoms with Crippen LogP contribution in [0.3, 0.4) is 0 Å². The number of amides is 2. The highest BCUT2D eigenvalue weighted by atomic mass is 16.5. The number of hydrogen-bond acceptors (Lipinski definition) is 10. The second-order valence-electron chi connectivity index (χ2n) is 11.3. The summed E-state index contributed by atoms with van der Waals surface area (Å²) in [5.74, 6) is 2.85. The summed E-state index contributed by atoms with van der Waals surface area (Å²) in [7, 11) is 0. The van der Waals surface area contributed by atoms with Gasteiger partial charge in [-0.2, -0.15) is 4.98 Å². The SMILES string of the molecule is CC(C)c1noc(N2CCC(CCCOc3cnc(N4C[C@H](NC(=O)O)[C@@H](N5CCCCC5=O)C4)nc3)CC2)n1. The number of ether oxygens (including phenoxy) is 1. The zero-order valence-corrected chi connectivity index (χ0v) is 23.4. The van der Waals surface area contributed by atoms with Gasteiger partial charge in [0.2, 0.25) is 11.9 Å². The van der Waals surface area contributed by atoms with E-state index in [0.29, 0.717) is 56.3 Å². The fourth-order valence-electron chi connectivity index (χ4n) is 5.86. The van der Waals surface area contributed by atoms with Crippen LogP contribution in [0.15, 0.2) is 16.9 Å². The van der Waals surface area contributed by atoms with E-state index in [9.17, 15) is 14.7 Å². The number of hydrogen-bond donors (Lipinski definition) is 2. The number of carbonyl (C=O) groups excluding carboxylic acids is 1. The van der Waals surface area contributed by atoms with Crippen molar-refractivity contribution in [3.8, 4) is 5.75 Å². The predicted octanol–water partition coefficient (Wildman–Crippen LogP) is 2.90. The highest BCUT2D eigenvalue weighted by molar-refractivity contribution is 5.77. The lowest BCUT2D eigenvalue weighted by Gasteiger charge is -2.34. The van der Waals surface area contributed by atoms with Gasteiger partial charge in [-0.15, -0.1) is 0 Å². The smallest absolute Gasteiger partial charge is 0.405 e. The maximum Gasteiger partial charge on any atom is 0.405 e. The molecule has 3 aliphatic heterocycles. The van der Waals surface area contributed by atoms with Gasteiger partial charge in [0.25, 0.3) is 0 Å². The van der Waals surface area contributed by atoms with Crippen molar-refractivity contribution in [2.45, 2.75) is 76.8 Å². The van der Waals surface area contributed by atoms with Gasteiger partial charge in [0.1, 0.15) is 0 Å². The molecule has 13 heteroatoms. The van der Waals surface area contributed by atoms with E-state index in [1.807, 2.05) is 9.80 Å². The number of aromatic nitrogens is 4. The molecule has 0 aromatic carbocycles. The van der Waals surface area contributed by atoms with E-state index in [4.69, 9.17) is 9.26 Å². The normalized spacial score (nSPS) is 22.3. The van der Waals surface area contributed by atoms with Gasteiger partial charge in [0, 0.05) is 45.1 Å². The Bertz CT molecular complexity index is 1130. The second kappa shape index (κ2) is 12.7. The number of anilines is 2. The van der Waals surface area contributed by atoms with Crippen LogP contribution in [0.1, 0.15) is 70.5 Å². The molecule has 2 N–H and O–H groups in total. The number of carbonyl (C=O) groups is 2. The van der Waals surface area contributed by atoms with Crippen LogP contribution in [0.25, 0.3) is 0 Å². The molecule has 2 aromatic heterocycles. The first-order valence-corrected chi connectivity index (χ1v) is 14.4. The van der Waals surface area contributed by atoms with Gasteiger partial charge in [-0.25, -0.2) is 14.8 Å². The molecule has 2 aromatic rings. The van der Waals surface area contributed by atoms with E-state index >= 15 is 0 Å². The molecule has 218 valence electrons. The van der Waals surface area contributed by atoms with Gasteiger partial charge in [-0.1, -0.05) is 19.0 Å². The van der Waals surface area contributed by atoms with Gasteiger partial charge >= 0.3 is 12.1 Å². The lowest BCUT2D eigenvalue weighted by Crippen LogP contribution is -2.54. The first kappa shape index (κ1) is 27.9. The highest BCUT2D eigenvalue weighted by Crippen LogP contribution is 2.27. The van der Waals surface area contributed by atoms with E-state index < -0.39 is 12.1 Å². The third-order valence-electron chi connectivity index (χ3n) is 8.11. The van der Waals surface area contributed by atoms with Gasteiger partial charge in [-0.3, -0.25) is 4.79 Å². The highest BCUT2D eigenvalue weighted by Gasteiger charge is 2.41. The number of likely N-dealkylation sites (tertiary alicyclic amines) is 1. The van der Waals surface area contributed by atoms with Crippen molar-refractivity contribution >= 4 is 24.0 Å². The van der Waals surface area contributed by atoms with Crippen molar-refractivity contribution < 1.29 is 24.0 Å². The fraction of sp³-hybridized carbons (Fsp3) is 0.704.